The lowest BCUT2D eigenvalue weighted by Crippen LogP contribution is -2.22. The summed E-state index contributed by atoms with van der Waals surface area (Å²) in [6, 6.07) is 16.7. The minimum atomic E-state index is -0.317. The van der Waals surface area contributed by atoms with Gasteiger partial charge in [-0.1, -0.05) is 59.6 Å². The highest BCUT2D eigenvalue weighted by molar-refractivity contribution is 6.42. The zero-order chi connectivity index (χ0) is 15.7. The predicted octanol–water partition coefficient (Wildman–Crippen LogP) is 4.42. The molecule has 0 saturated carbocycles. The van der Waals surface area contributed by atoms with E-state index in [9.17, 15) is 4.79 Å². The lowest BCUT2D eigenvalue weighted by Gasteiger charge is -2.11. The van der Waals surface area contributed by atoms with Gasteiger partial charge in [-0.15, -0.1) is 0 Å². The quantitative estimate of drug-likeness (QED) is 0.697. The van der Waals surface area contributed by atoms with E-state index in [4.69, 9.17) is 23.2 Å². The molecule has 0 bridgehead atoms. The Morgan fingerprint density at radius 3 is 2.32 bits per heavy atom. The molecule has 0 aliphatic carbocycles. The van der Waals surface area contributed by atoms with Gasteiger partial charge in [0.2, 0.25) is 0 Å². The monoisotopic (exact) mass is 330 g/mol. The van der Waals surface area contributed by atoms with E-state index in [1.165, 1.54) is 4.57 Å². The number of benzene rings is 2. The van der Waals surface area contributed by atoms with Gasteiger partial charge >= 0.3 is 5.69 Å². The van der Waals surface area contributed by atoms with Gasteiger partial charge in [-0.2, -0.15) is 4.98 Å². The van der Waals surface area contributed by atoms with Crippen molar-refractivity contribution < 1.29 is 0 Å². The zero-order valence-electron chi connectivity index (χ0n) is 11.8. The maximum absolute atomic E-state index is 12.2. The minimum Gasteiger partial charge on any atom is -0.295 e. The molecule has 0 atom stereocenters. The Morgan fingerprint density at radius 2 is 1.64 bits per heavy atom. The van der Waals surface area contributed by atoms with Crippen LogP contribution in [-0.4, -0.2) is 9.55 Å². The van der Waals surface area contributed by atoms with Gasteiger partial charge in [0.25, 0.3) is 0 Å². The highest BCUT2D eigenvalue weighted by Gasteiger charge is 2.10. The molecule has 0 fully saturated rings. The minimum absolute atomic E-state index is 0.317. The number of aromatic nitrogens is 2. The summed E-state index contributed by atoms with van der Waals surface area (Å²) in [6.07, 6.45) is 0. The molecule has 0 unspecified atom stereocenters. The van der Waals surface area contributed by atoms with Crippen LogP contribution in [0.4, 0.5) is 0 Å². The topological polar surface area (TPSA) is 34.9 Å². The largest absolute Gasteiger partial charge is 0.348 e. The normalized spacial score (nSPS) is 10.7. The van der Waals surface area contributed by atoms with E-state index in [0.717, 1.165) is 16.8 Å². The van der Waals surface area contributed by atoms with Crippen molar-refractivity contribution in [1.82, 2.24) is 9.55 Å². The molecule has 1 heterocycles. The fraction of sp³-hybridized carbons (Fsp3) is 0.0588. The Hall–Kier alpha value is -2.10. The summed E-state index contributed by atoms with van der Waals surface area (Å²) in [7, 11) is 1.68. The summed E-state index contributed by atoms with van der Waals surface area (Å²) in [5, 5.41) is 0.928. The van der Waals surface area contributed by atoms with Crippen molar-refractivity contribution in [1.29, 1.82) is 0 Å². The smallest absolute Gasteiger partial charge is 0.295 e. The molecule has 0 spiro atoms. The van der Waals surface area contributed by atoms with Crippen LogP contribution in [0.15, 0.2) is 59.4 Å². The summed E-state index contributed by atoms with van der Waals surface area (Å²) in [6.45, 7) is 0. The zero-order valence-corrected chi connectivity index (χ0v) is 13.3. The van der Waals surface area contributed by atoms with Crippen LogP contribution in [0.1, 0.15) is 0 Å². The van der Waals surface area contributed by atoms with Crippen LogP contribution in [0.5, 0.6) is 0 Å². The van der Waals surface area contributed by atoms with E-state index in [-0.39, 0.29) is 5.69 Å². The maximum Gasteiger partial charge on any atom is 0.348 e. The molecular weight excluding hydrogens is 319 g/mol. The lowest BCUT2D eigenvalue weighted by molar-refractivity contribution is 0.822. The molecule has 0 radical (unpaired) electrons. The van der Waals surface area contributed by atoms with Crippen molar-refractivity contribution in [2.75, 3.05) is 0 Å². The molecule has 0 amide bonds. The van der Waals surface area contributed by atoms with Crippen molar-refractivity contribution in [2.24, 2.45) is 7.05 Å². The van der Waals surface area contributed by atoms with Gasteiger partial charge in [0.05, 0.1) is 21.4 Å². The van der Waals surface area contributed by atoms with Gasteiger partial charge in [-0.25, -0.2) is 4.79 Å². The van der Waals surface area contributed by atoms with Crippen LogP contribution in [0.25, 0.3) is 22.5 Å². The standard InChI is InChI=1S/C17H12Cl2N2O/c1-21-16(12-7-8-13(18)14(19)9-12)10-15(20-17(21)22)11-5-3-2-4-6-11/h2-10H,1H3. The van der Waals surface area contributed by atoms with Crippen LogP contribution in [0.2, 0.25) is 10.0 Å². The Bertz CT molecular complexity index is 889. The number of hydrogen-bond donors (Lipinski definition) is 0. The molecule has 3 rings (SSSR count). The third-order valence-electron chi connectivity index (χ3n) is 3.42. The molecule has 3 nitrogen and oxygen atoms in total. The fourth-order valence-corrected chi connectivity index (χ4v) is 2.53. The van der Waals surface area contributed by atoms with Gasteiger partial charge in [-0.05, 0) is 23.8 Å². The second-order valence-electron chi connectivity index (χ2n) is 4.86. The number of hydrogen-bond acceptors (Lipinski definition) is 2. The maximum atomic E-state index is 12.2. The molecular formula is C17H12Cl2N2O. The lowest BCUT2D eigenvalue weighted by atomic mass is 10.1. The summed E-state index contributed by atoms with van der Waals surface area (Å²) in [4.78, 5) is 16.3. The first-order valence-corrected chi connectivity index (χ1v) is 7.41. The summed E-state index contributed by atoms with van der Waals surface area (Å²) in [5.41, 5.74) is 2.75. The van der Waals surface area contributed by atoms with Gasteiger partial charge in [0.15, 0.2) is 0 Å². The molecule has 0 N–H and O–H groups in total. The molecule has 0 saturated heterocycles. The number of nitrogens with zero attached hydrogens (tertiary/aromatic N) is 2. The van der Waals surface area contributed by atoms with Crippen LogP contribution >= 0.6 is 23.2 Å². The molecule has 1 aromatic heterocycles. The highest BCUT2D eigenvalue weighted by Crippen LogP contribution is 2.29. The van der Waals surface area contributed by atoms with Gasteiger partial charge in [0.1, 0.15) is 0 Å². The van der Waals surface area contributed by atoms with Crippen LogP contribution < -0.4 is 5.69 Å². The third-order valence-corrected chi connectivity index (χ3v) is 4.16. The average molecular weight is 331 g/mol. The molecule has 3 aromatic rings. The molecule has 2 aromatic carbocycles. The van der Waals surface area contributed by atoms with Crippen molar-refractivity contribution in [3.05, 3.63) is 75.1 Å². The molecule has 0 aliphatic heterocycles. The van der Waals surface area contributed by atoms with Crippen LogP contribution in [0.3, 0.4) is 0 Å². The molecule has 110 valence electrons. The van der Waals surface area contributed by atoms with Crippen LogP contribution in [0, 0.1) is 0 Å². The summed E-state index contributed by atoms with van der Waals surface area (Å²) in [5.74, 6) is 0. The van der Waals surface area contributed by atoms with Crippen molar-refractivity contribution in [2.45, 2.75) is 0 Å². The SMILES string of the molecule is Cn1c(-c2ccc(Cl)c(Cl)c2)cc(-c2ccccc2)nc1=O. The van der Waals surface area contributed by atoms with Crippen molar-refractivity contribution in [3.8, 4) is 22.5 Å². The van der Waals surface area contributed by atoms with Crippen LogP contribution in [-0.2, 0) is 7.05 Å². The first kappa shape index (κ1) is 14.8. The van der Waals surface area contributed by atoms with Gasteiger partial charge < -0.3 is 0 Å². The second-order valence-corrected chi connectivity index (χ2v) is 5.68. The Morgan fingerprint density at radius 1 is 0.909 bits per heavy atom. The predicted molar refractivity (Wildman–Crippen MR) is 90.4 cm³/mol. The summed E-state index contributed by atoms with van der Waals surface area (Å²) >= 11 is 12.0. The molecule has 22 heavy (non-hydrogen) atoms. The first-order valence-electron chi connectivity index (χ1n) is 6.65. The molecule has 5 heteroatoms. The summed E-state index contributed by atoms with van der Waals surface area (Å²) < 4.78 is 1.49. The van der Waals surface area contributed by atoms with Gasteiger partial charge in [0, 0.05) is 12.6 Å². The Kier molecular flexibility index (Phi) is 4.01. The fourth-order valence-electron chi connectivity index (χ4n) is 2.23. The second kappa shape index (κ2) is 5.95. The van der Waals surface area contributed by atoms with Gasteiger partial charge in [-0.3, -0.25) is 4.57 Å². The van der Waals surface area contributed by atoms with E-state index >= 15 is 0 Å². The Labute approximate surface area is 137 Å². The first-order chi connectivity index (χ1) is 10.6. The van der Waals surface area contributed by atoms with E-state index in [1.807, 2.05) is 42.5 Å². The van der Waals surface area contributed by atoms with E-state index in [2.05, 4.69) is 4.98 Å². The third kappa shape index (κ3) is 2.78. The van der Waals surface area contributed by atoms with Crippen molar-refractivity contribution >= 4 is 23.2 Å². The van der Waals surface area contributed by atoms with E-state index in [0.29, 0.717) is 15.7 Å². The van der Waals surface area contributed by atoms with Crippen molar-refractivity contribution in [3.63, 3.8) is 0 Å². The highest BCUT2D eigenvalue weighted by atomic mass is 35.5. The average Bonchev–Trinajstić information content (AvgIpc) is 2.53. The number of halogens is 2. The van der Waals surface area contributed by atoms with E-state index < -0.39 is 0 Å². The Balaban J connectivity index is 2.21. The molecule has 0 aliphatic rings. The number of rotatable bonds is 2. The van der Waals surface area contributed by atoms with E-state index in [1.54, 1.807) is 19.2 Å².